The summed E-state index contributed by atoms with van der Waals surface area (Å²) in [4.78, 5) is 1.38. The van der Waals surface area contributed by atoms with Gasteiger partial charge in [0, 0.05) is 29.3 Å². The smallest absolute Gasteiger partial charge is 0.242 e. The highest BCUT2D eigenvalue weighted by atomic mass is 79.9. The maximum Gasteiger partial charge on any atom is 0.242 e. The molecule has 1 saturated heterocycles. The van der Waals surface area contributed by atoms with Crippen LogP contribution in [0.2, 0.25) is 0 Å². The van der Waals surface area contributed by atoms with Gasteiger partial charge in [0.05, 0.1) is 3.79 Å². The molecule has 1 fully saturated rings. The Balaban J connectivity index is 2.01. The van der Waals surface area contributed by atoms with Gasteiger partial charge in [-0.3, -0.25) is 0 Å². The van der Waals surface area contributed by atoms with Gasteiger partial charge in [-0.15, -0.1) is 11.3 Å². The highest BCUT2D eigenvalue weighted by Gasteiger charge is 2.23. The van der Waals surface area contributed by atoms with E-state index >= 15 is 0 Å². The first-order valence-corrected chi connectivity index (χ1v) is 11.2. The summed E-state index contributed by atoms with van der Waals surface area (Å²) in [5.74, 6) is 1.14. The lowest BCUT2D eigenvalue weighted by Crippen LogP contribution is -2.29. The summed E-state index contributed by atoms with van der Waals surface area (Å²) in [5, 5.41) is 3.72. The summed E-state index contributed by atoms with van der Waals surface area (Å²) in [7, 11) is -3.42. The van der Waals surface area contributed by atoms with Gasteiger partial charge in [-0.05, 0) is 40.6 Å². The van der Waals surface area contributed by atoms with Crippen LogP contribution in [0.25, 0.3) is 0 Å². The molecule has 1 aromatic heterocycles. The van der Waals surface area contributed by atoms with Gasteiger partial charge in [0.2, 0.25) is 10.0 Å². The molecule has 0 aliphatic carbocycles. The van der Waals surface area contributed by atoms with E-state index in [1.807, 2.05) is 11.8 Å². The first-order chi connectivity index (χ1) is 9.88. The van der Waals surface area contributed by atoms with E-state index in [1.54, 1.807) is 6.07 Å². The molecular formula is C13H21BrN2O2S3. The Morgan fingerprint density at radius 3 is 2.86 bits per heavy atom. The van der Waals surface area contributed by atoms with Gasteiger partial charge < -0.3 is 5.32 Å². The molecule has 1 atom stereocenters. The van der Waals surface area contributed by atoms with Crippen LogP contribution in [0.5, 0.6) is 0 Å². The fourth-order valence-electron chi connectivity index (χ4n) is 2.06. The Labute approximate surface area is 143 Å². The molecule has 1 unspecified atom stereocenters. The number of rotatable bonds is 7. The van der Waals surface area contributed by atoms with Crippen LogP contribution in [0.15, 0.2) is 14.7 Å². The minimum atomic E-state index is -3.42. The molecule has 120 valence electrons. The van der Waals surface area contributed by atoms with Crippen LogP contribution in [0.4, 0.5) is 0 Å². The zero-order chi connectivity index (χ0) is 15.5. The maximum absolute atomic E-state index is 12.4. The Morgan fingerprint density at radius 1 is 1.48 bits per heavy atom. The van der Waals surface area contributed by atoms with E-state index in [4.69, 9.17) is 0 Å². The van der Waals surface area contributed by atoms with Gasteiger partial charge in [-0.25, -0.2) is 13.1 Å². The molecule has 0 bridgehead atoms. The summed E-state index contributed by atoms with van der Waals surface area (Å²) in [6.45, 7) is 5.35. The largest absolute Gasteiger partial charge is 0.310 e. The predicted molar refractivity (Wildman–Crippen MR) is 94.7 cm³/mol. The summed E-state index contributed by atoms with van der Waals surface area (Å²) in [6.07, 6.45) is 2.28. The van der Waals surface area contributed by atoms with Crippen LogP contribution in [-0.4, -0.2) is 32.0 Å². The van der Waals surface area contributed by atoms with Crippen molar-refractivity contribution in [1.29, 1.82) is 0 Å². The van der Waals surface area contributed by atoms with Crippen molar-refractivity contribution in [2.45, 2.75) is 49.4 Å². The van der Waals surface area contributed by atoms with Crippen LogP contribution in [0.1, 0.15) is 31.6 Å². The number of halogens is 1. The highest BCUT2D eigenvalue weighted by molar-refractivity contribution is 9.11. The lowest BCUT2D eigenvalue weighted by molar-refractivity contribution is 0.578. The minimum Gasteiger partial charge on any atom is -0.310 e. The molecule has 21 heavy (non-hydrogen) atoms. The van der Waals surface area contributed by atoms with E-state index < -0.39 is 10.0 Å². The van der Waals surface area contributed by atoms with Crippen LogP contribution < -0.4 is 10.0 Å². The van der Waals surface area contributed by atoms with Crippen molar-refractivity contribution in [2.75, 3.05) is 12.3 Å². The molecule has 8 heteroatoms. The molecule has 1 aliphatic rings. The summed E-state index contributed by atoms with van der Waals surface area (Å²) >= 11 is 6.70. The van der Waals surface area contributed by atoms with E-state index in [-0.39, 0.29) is 0 Å². The topological polar surface area (TPSA) is 58.2 Å². The molecular weight excluding hydrogens is 392 g/mol. The van der Waals surface area contributed by atoms with Crippen molar-refractivity contribution in [3.05, 3.63) is 14.7 Å². The third kappa shape index (κ3) is 5.21. The summed E-state index contributed by atoms with van der Waals surface area (Å²) in [6, 6.07) is 2.14. The lowest BCUT2D eigenvalue weighted by Gasteiger charge is -2.10. The molecule has 2 heterocycles. The maximum atomic E-state index is 12.4. The number of thiophene rings is 1. The molecule has 2 N–H and O–H groups in total. The van der Waals surface area contributed by atoms with Crippen molar-refractivity contribution in [3.8, 4) is 0 Å². The van der Waals surface area contributed by atoms with Crippen LogP contribution in [-0.2, 0) is 16.6 Å². The third-order valence-corrected chi connectivity index (χ3v) is 8.28. The molecule has 2 rings (SSSR count). The number of hydrogen-bond acceptors (Lipinski definition) is 5. The molecule has 0 saturated carbocycles. The second-order valence-corrected chi connectivity index (χ2v) is 11.0. The third-order valence-electron chi connectivity index (χ3n) is 3.21. The zero-order valence-corrected chi connectivity index (χ0v) is 16.2. The Morgan fingerprint density at radius 2 is 2.24 bits per heavy atom. The van der Waals surface area contributed by atoms with Crippen LogP contribution >= 0.6 is 39.0 Å². The average Bonchev–Trinajstić information content (AvgIpc) is 3.03. The van der Waals surface area contributed by atoms with Crippen molar-refractivity contribution >= 4 is 49.1 Å². The van der Waals surface area contributed by atoms with Crippen molar-refractivity contribution in [1.82, 2.24) is 10.0 Å². The molecule has 1 aromatic rings. The molecule has 0 amide bonds. The Hall–Kier alpha value is 0.400. The van der Waals surface area contributed by atoms with Gasteiger partial charge >= 0.3 is 0 Å². The predicted octanol–water partition coefficient (Wildman–Crippen LogP) is 3.18. The van der Waals surface area contributed by atoms with E-state index in [0.29, 0.717) is 33.1 Å². The van der Waals surface area contributed by atoms with Crippen molar-refractivity contribution < 1.29 is 8.42 Å². The van der Waals surface area contributed by atoms with Crippen molar-refractivity contribution in [3.63, 3.8) is 0 Å². The first kappa shape index (κ1) is 17.7. The fraction of sp³-hybridized carbons (Fsp3) is 0.692. The number of thioether (sulfide) groups is 1. The monoisotopic (exact) mass is 412 g/mol. The molecule has 1 aliphatic heterocycles. The van der Waals surface area contributed by atoms with Crippen LogP contribution in [0, 0.1) is 0 Å². The number of hydrogen-bond donors (Lipinski definition) is 2. The van der Waals surface area contributed by atoms with E-state index in [2.05, 4.69) is 39.8 Å². The van der Waals surface area contributed by atoms with Crippen LogP contribution in [0.3, 0.4) is 0 Å². The molecule has 4 nitrogen and oxygen atoms in total. The van der Waals surface area contributed by atoms with Gasteiger partial charge in [-0.1, -0.05) is 13.8 Å². The zero-order valence-electron chi connectivity index (χ0n) is 12.2. The lowest BCUT2D eigenvalue weighted by atomic mass is 10.2. The summed E-state index contributed by atoms with van der Waals surface area (Å²) in [5.41, 5.74) is 0. The Kier molecular flexibility index (Phi) is 6.58. The van der Waals surface area contributed by atoms with Crippen molar-refractivity contribution in [2.24, 2.45) is 0 Å². The molecule has 0 radical (unpaired) electrons. The minimum absolute atomic E-state index is 0.357. The number of nitrogens with one attached hydrogen (secondary N) is 2. The van der Waals surface area contributed by atoms with E-state index in [0.717, 1.165) is 17.1 Å². The quantitative estimate of drug-likeness (QED) is 0.721. The standard InChI is InChI=1S/C13H21BrN2O2S3/c1-9(2)15-7-11-6-12(13(14)20-11)21(17,18)16-8-10-4-3-5-19-10/h6,9-10,15-16H,3-5,7-8H2,1-2H3. The Bertz CT molecular complexity index is 566. The molecule has 0 aromatic carbocycles. The highest BCUT2D eigenvalue weighted by Crippen LogP contribution is 2.32. The summed E-state index contributed by atoms with van der Waals surface area (Å²) < 4.78 is 28.2. The van der Waals surface area contributed by atoms with Gasteiger partial charge in [0.25, 0.3) is 0 Å². The number of sulfonamides is 1. The SMILES string of the molecule is CC(C)NCc1cc(S(=O)(=O)NCC2CCCS2)c(Br)s1. The van der Waals surface area contributed by atoms with E-state index in [1.165, 1.54) is 17.8 Å². The van der Waals surface area contributed by atoms with Gasteiger partial charge in [0.15, 0.2) is 0 Å². The first-order valence-electron chi connectivity index (χ1n) is 7.01. The second kappa shape index (κ2) is 7.79. The van der Waals surface area contributed by atoms with Gasteiger partial charge in [0.1, 0.15) is 4.90 Å². The average molecular weight is 413 g/mol. The van der Waals surface area contributed by atoms with Gasteiger partial charge in [-0.2, -0.15) is 11.8 Å². The molecule has 0 spiro atoms. The fourth-order valence-corrected chi connectivity index (χ4v) is 7.08. The van der Waals surface area contributed by atoms with E-state index in [9.17, 15) is 8.42 Å². The second-order valence-electron chi connectivity index (χ2n) is 5.37. The normalized spacial score (nSPS) is 19.5.